The third kappa shape index (κ3) is 3.30. The maximum atomic E-state index is 13.8. The van der Waals surface area contributed by atoms with E-state index >= 15 is 0 Å². The maximum absolute atomic E-state index is 13.8. The summed E-state index contributed by atoms with van der Waals surface area (Å²) in [6, 6.07) is 3.00. The summed E-state index contributed by atoms with van der Waals surface area (Å²) in [5, 5.41) is 7.62. The van der Waals surface area contributed by atoms with Crippen molar-refractivity contribution in [2.45, 2.75) is 18.4 Å². The van der Waals surface area contributed by atoms with Gasteiger partial charge in [-0.25, -0.2) is 17.2 Å². The molecule has 2 heterocycles. The first-order valence-corrected chi connectivity index (χ1v) is 8.77. The van der Waals surface area contributed by atoms with E-state index in [0.717, 1.165) is 22.5 Å². The number of piperazine rings is 1. The Balaban J connectivity index is 1.69. The van der Waals surface area contributed by atoms with Gasteiger partial charge < -0.3 is 4.42 Å². The van der Waals surface area contributed by atoms with Crippen LogP contribution in [0, 0.1) is 18.6 Å². The molecule has 0 atom stereocenters. The van der Waals surface area contributed by atoms with E-state index in [2.05, 4.69) is 10.2 Å². The highest BCUT2D eigenvalue weighted by atomic mass is 32.2. The van der Waals surface area contributed by atoms with Crippen LogP contribution < -0.4 is 0 Å². The van der Waals surface area contributed by atoms with Crippen molar-refractivity contribution >= 4 is 10.0 Å². The Kier molecular flexibility index (Phi) is 4.61. The molecular formula is C14H16F2N4O3S. The normalized spacial score (nSPS) is 17.3. The summed E-state index contributed by atoms with van der Waals surface area (Å²) >= 11 is 0. The number of nitrogens with zero attached hydrogens (tertiary/aromatic N) is 4. The van der Waals surface area contributed by atoms with Gasteiger partial charge in [0.2, 0.25) is 21.8 Å². The number of hydrogen-bond acceptors (Lipinski definition) is 6. The van der Waals surface area contributed by atoms with E-state index < -0.39 is 26.6 Å². The third-order valence-electron chi connectivity index (χ3n) is 3.77. The lowest BCUT2D eigenvalue weighted by Gasteiger charge is -2.33. The molecule has 7 nitrogen and oxygen atoms in total. The second-order valence-corrected chi connectivity index (χ2v) is 7.32. The molecule has 1 aromatic heterocycles. The lowest BCUT2D eigenvalue weighted by atomic mass is 10.3. The largest absolute Gasteiger partial charge is 0.424 e. The summed E-state index contributed by atoms with van der Waals surface area (Å²) in [5.74, 6) is -1.26. The maximum Gasteiger partial charge on any atom is 0.249 e. The fraction of sp³-hybridized carbons (Fsp3) is 0.429. The van der Waals surface area contributed by atoms with Gasteiger partial charge in [0.05, 0.1) is 6.54 Å². The molecule has 0 unspecified atom stereocenters. The van der Waals surface area contributed by atoms with E-state index in [1.165, 1.54) is 0 Å². The predicted octanol–water partition coefficient (Wildman–Crippen LogP) is 1.16. The minimum Gasteiger partial charge on any atom is -0.424 e. The van der Waals surface area contributed by atoms with Crippen molar-refractivity contribution in [3.63, 3.8) is 0 Å². The first-order chi connectivity index (χ1) is 11.4. The Morgan fingerprint density at radius 2 is 1.75 bits per heavy atom. The smallest absolute Gasteiger partial charge is 0.249 e. The molecule has 1 aliphatic rings. The van der Waals surface area contributed by atoms with Gasteiger partial charge >= 0.3 is 0 Å². The molecule has 0 radical (unpaired) electrons. The van der Waals surface area contributed by atoms with Crippen LogP contribution in [0.5, 0.6) is 0 Å². The molecule has 0 spiro atoms. The molecule has 0 saturated carbocycles. The molecular weight excluding hydrogens is 342 g/mol. The zero-order valence-electron chi connectivity index (χ0n) is 12.9. The van der Waals surface area contributed by atoms with E-state index in [9.17, 15) is 17.2 Å². The molecule has 0 N–H and O–H groups in total. The second kappa shape index (κ2) is 6.54. The number of rotatable bonds is 4. The van der Waals surface area contributed by atoms with Crippen molar-refractivity contribution in [2.24, 2.45) is 0 Å². The SMILES string of the molecule is Cc1nnc(CN2CCN(S(=O)(=O)c3c(F)cccc3F)CC2)o1. The van der Waals surface area contributed by atoms with Crippen LogP contribution in [0.3, 0.4) is 0 Å². The molecule has 0 amide bonds. The number of hydrogen-bond donors (Lipinski definition) is 0. The topological polar surface area (TPSA) is 79.5 Å². The molecule has 1 fully saturated rings. The number of benzene rings is 1. The minimum absolute atomic E-state index is 0.128. The standard InChI is InChI=1S/C14H16F2N4O3S/c1-10-17-18-13(23-10)9-19-5-7-20(8-6-19)24(21,22)14-11(15)3-2-4-12(14)16/h2-4H,5-9H2,1H3. The fourth-order valence-corrected chi connectivity index (χ4v) is 4.11. The van der Waals surface area contributed by atoms with Crippen molar-refractivity contribution in [3.8, 4) is 0 Å². The number of sulfonamides is 1. The van der Waals surface area contributed by atoms with Gasteiger partial charge in [0, 0.05) is 33.1 Å². The number of aromatic nitrogens is 2. The third-order valence-corrected chi connectivity index (χ3v) is 5.73. The molecule has 130 valence electrons. The van der Waals surface area contributed by atoms with Crippen LogP contribution in [0.1, 0.15) is 11.8 Å². The molecule has 1 aromatic carbocycles. The Bertz CT molecular complexity index is 812. The molecule has 10 heteroatoms. The highest BCUT2D eigenvalue weighted by Gasteiger charge is 2.33. The lowest BCUT2D eigenvalue weighted by molar-refractivity contribution is 0.167. The zero-order chi connectivity index (χ0) is 17.3. The summed E-state index contributed by atoms with van der Waals surface area (Å²) in [6.45, 7) is 3.15. The van der Waals surface area contributed by atoms with Gasteiger partial charge in [0.15, 0.2) is 4.90 Å². The van der Waals surface area contributed by atoms with Crippen LogP contribution in [-0.4, -0.2) is 54.0 Å². The molecule has 1 saturated heterocycles. The number of aryl methyl sites for hydroxylation is 1. The van der Waals surface area contributed by atoms with Crippen LogP contribution in [0.25, 0.3) is 0 Å². The van der Waals surface area contributed by atoms with Crippen molar-refractivity contribution in [1.82, 2.24) is 19.4 Å². The van der Waals surface area contributed by atoms with Crippen molar-refractivity contribution in [2.75, 3.05) is 26.2 Å². The first-order valence-electron chi connectivity index (χ1n) is 7.33. The Morgan fingerprint density at radius 1 is 1.12 bits per heavy atom. The monoisotopic (exact) mass is 358 g/mol. The molecule has 2 aromatic rings. The van der Waals surface area contributed by atoms with E-state index in [1.807, 2.05) is 4.90 Å². The van der Waals surface area contributed by atoms with Crippen LogP contribution in [0.2, 0.25) is 0 Å². The van der Waals surface area contributed by atoms with Crippen LogP contribution in [0.15, 0.2) is 27.5 Å². The van der Waals surface area contributed by atoms with Gasteiger partial charge in [-0.15, -0.1) is 10.2 Å². The molecule has 0 aliphatic carbocycles. The molecule has 0 bridgehead atoms. The minimum atomic E-state index is -4.21. The van der Waals surface area contributed by atoms with Crippen molar-refractivity contribution in [1.29, 1.82) is 0 Å². The van der Waals surface area contributed by atoms with Gasteiger partial charge in [0.1, 0.15) is 11.6 Å². The van der Waals surface area contributed by atoms with Crippen LogP contribution in [0.4, 0.5) is 8.78 Å². The van der Waals surface area contributed by atoms with Gasteiger partial charge in [-0.1, -0.05) is 6.07 Å². The summed E-state index contributed by atoms with van der Waals surface area (Å²) in [5.41, 5.74) is 0. The van der Waals surface area contributed by atoms with Gasteiger partial charge in [0.25, 0.3) is 0 Å². The molecule has 1 aliphatic heterocycles. The zero-order valence-corrected chi connectivity index (χ0v) is 13.8. The van der Waals surface area contributed by atoms with Gasteiger partial charge in [-0.2, -0.15) is 4.31 Å². The molecule has 24 heavy (non-hydrogen) atoms. The summed E-state index contributed by atoms with van der Waals surface area (Å²) < 4.78 is 58.9. The van der Waals surface area contributed by atoms with E-state index in [1.54, 1.807) is 6.92 Å². The Morgan fingerprint density at radius 3 is 2.29 bits per heavy atom. The highest BCUT2D eigenvalue weighted by molar-refractivity contribution is 7.89. The van der Waals surface area contributed by atoms with E-state index in [0.29, 0.717) is 31.4 Å². The van der Waals surface area contributed by atoms with Gasteiger partial charge in [-0.3, -0.25) is 4.90 Å². The van der Waals surface area contributed by atoms with Crippen molar-refractivity contribution < 1.29 is 21.6 Å². The Hall–Kier alpha value is -1.91. The average molecular weight is 358 g/mol. The first kappa shape index (κ1) is 16.9. The van der Waals surface area contributed by atoms with Crippen LogP contribution in [-0.2, 0) is 16.6 Å². The quantitative estimate of drug-likeness (QED) is 0.816. The van der Waals surface area contributed by atoms with Crippen LogP contribution >= 0.6 is 0 Å². The lowest BCUT2D eigenvalue weighted by Crippen LogP contribution is -2.48. The van der Waals surface area contributed by atoms with E-state index in [-0.39, 0.29) is 13.1 Å². The predicted molar refractivity (Wildman–Crippen MR) is 79.4 cm³/mol. The summed E-state index contributed by atoms with van der Waals surface area (Å²) in [4.78, 5) is 1.04. The summed E-state index contributed by atoms with van der Waals surface area (Å²) in [7, 11) is -4.21. The summed E-state index contributed by atoms with van der Waals surface area (Å²) in [6.07, 6.45) is 0. The number of halogens is 2. The van der Waals surface area contributed by atoms with Gasteiger partial charge in [-0.05, 0) is 12.1 Å². The molecule has 3 rings (SSSR count). The fourth-order valence-electron chi connectivity index (χ4n) is 2.58. The van der Waals surface area contributed by atoms with E-state index in [4.69, 9.17) is 4.42 Å². The average Bonchev–Trinajstić information content (AvgIpc) is 2.92. The Labute approximate surface area is 137 Å². The van der Waals surface area contributed by atoms with Crippen molar-refractivity contribution in [3.05, 3.63) is 41.6 Å². The highest BCUT2D eigenvalue weighted by Crippen LogP contribution is 2.23. The second-order valence-electron chi connectivity index (χ2n) is 5.45.